The van der Waals surface area contributed by atoms with Gasteiger partial charge in [-0.1, -0.05) is 44.4 Å². The molecular weight excluding hydrogens is 496 g/mol. The van der Waals surface area contributed by atoms with Crippen LogP contribution in [-0.2, 0) is 14.3 Å². The largest absolute Gasteiger partial charge is 0.497 e. The quantitative estimate of drug-likeness (QED) is 0.340. The Kier molecular flexibility index (Phi) is 10.9. The number of nitrogens with one attached hydrogen (secondary N) is 2. The standard InChI is InChI=1S/C30H36N4O5/c1-8-20(3)25(33-29(37)39-30(4,5)6)28(36)34(19-18-31)26(24-13-11-10-12-21(24)9-2)27(35)32-22-14-16-23(38-7)17-15-22/h2,10-17,20,25-26H,8,19H2,1,3-7H3,(H,32,35)(H,33,37). The van der Waals surface area contributed by atoms with Gasteiger partial charge in [-0.15, -0.1) is 6.42 Å². The second-order valence-corrected chi connectivity index (χ2v) is 9.99. The molecule has 2 aromatic carbocycles. The Bertz CT molecular complexity index is 1240. The molecule has 0 spiro atoms. The summed E-state index contributed by atoms with van der Waals surface area (Å²) in [4.78, 5) is 41.6. The molecular formula is C30H36N4O5. The molecule has 0 aliphatic carbocycles. The smallest absolute Gasteiger partial charge is 0.408 e. The van der Waals surface area contributed by atoms with Gasteiger partial charge in [-0.2, -0.15) is 5.26 Å². The third-order valence-corrected chi connectivity index (χ3v) is 6.00. The zero-order valence-electron chi connectivity index (χ0n) is 23.3. The molecule has 0 aromatic heterocycles. The first-order valence-corrected chi connectivity index (χ1v) is 12.6. The van der Waals surface area contributed by atoms with Crippen LogP contribution in [0.5, 0.6) is 5.75 Å². The Morgan fingerprint density at radius 2 is 1.74 bits per heavy atom. The van der Waals surface area contributed by atoms with E-state index in [-0.39, 0.29) is 5.92 Å². The van der Waals surface area contributed by atoms with Crippen molar-refractivity contribution in [2.45, 2.75) is 58.7 Å². The Hall–Kier alpha value is -4.50. The number of anilines is 1. The van der Waals surface area contributed by atoms with E-state index in [1.165, 1.54) is 7.11 Å². The van der Waals surface area contributed by atoms with Gasteiger partial charge in [-0.3, -0.25) is 9.59 Å². The van der Waals surface area contributed by atoms with Gasteiger partial charge in [-0.05, 0) is 62.6 Å². The van der Waals surface area contributed by atoms with Crippen molar-refractivity contribution in [2.24, 2.45) is 5.92 Å². The summed E-state index contributed by atoms with van der Waals surface area (Å²) in [6.07, 6.45) is 5.50. The molecule has 0 heterocycles. The van der Waals surface area contributed by atoms with Crippen molar-refractivity contribution in [3.05, 3.63) is 59.7 Å². The molecule has 9 heteroatoms. The number of carbonyl (C=O) groups excluding carboxylic acids is 3. The van der Waals surface area contributed by atoms with Gasteiger partial charge in [-0.25, -0.2) is 4.79 Å². The fourth-order valence-electron chi connectivity index (χ4n) is 3.87. The van der Waals surface area contributed by atoms with E-state index in [4.69, 9.17) is 15.9 Å². The van der Waals surface area contributed by atoms with E-state index in [1.807, 2.05) is 13.0 Å². The first-order chi connectivity index (χ1) is 18.4. The summed E-state index contributed by atoms with van der Waals surface area (Å²) in [5.74, 6) is 1.64. The number of nitrogens with zero attached hydrogens (tertiary/aromatic N) is 2. The molecule has 2 rings (SSSR count). The van der Waals surface area contributed by atoms with Crippen molar-refractivity contribution in [2.75, 3.05) is 19.0 Å². The lowest BCUT2D eigenvalue weighted by molar-refractivity contribution is -0.141. The lowest BCUT2D eigenvalue weighted by Gasteiger charge is -2.35. The van der Waals surface area contributed by atoms with Gasteiger partial charge in [0, 0.05) is 11.3 Å². The molecule has 0 fully saturated rings. The fraction of sp³-hybridized carbons (Fsp3) is 0.400. The number of amides is 3. The van der Waals surface area contributed by atoms with Crippen LogP contribution in [0.15, 0.2) is 48.5 Å². The molecule has 0 saturated carbocycles. The number of rotatable bonds is 10. The van der Waals surface area contributed by atoms with Crippen LogP contribution >= 0.6 is 0 Å². The van der Waals surface area contributed by atoms with Crippen LogP contribution in [-0.4, -0.2) is 48.1 Å². The maximum absolute atomic E-state index is 14.0. The van der Waals surface area contributed by atoms with Crippen molar-refractivity contribution >= 4 is 23.6 Å². The first kappa shape index (κ1) is 30.7. The van der Waals surface area contributed by atoms with Gasteiger partial charge < -0.3 is 25.0 Å². The lowest BCUT2D eigenvalue weighted by Crippen LogP contribution is -2.54. The minimum absolute atomic E-state index is 0.334. The van der Waals surface area contributed by atoms with Crippen LogP contribution < -0.4 is 15.4 Å². The summed E-state index contributed by atoms with van der Waals surface area (Å²) in [7, 11) is 1.53. The van der Waals surface area contributed by atoms with Gasteiger partial charge in [0.2, 0.25) is 5.91 Å². The number of carbonyl (C=O) groups is 3. The molecule has 3 atom stereocenters. The van der Waals surface area contributed by atoms with Crippen LogP contribution in [0.25, 0.3) is 0 Å². The van der Waals surface area contributed by atoms with E-state index >= 15 is 0 Å². The second-order valence-electron chi connectivity index (χ2n) is 9.99. The lowest BCUT2D eigenvalue weighted by atomic mass is 9.94. The molecule has 0 saturated heterocycles. The van der Waals surface area contributed by atoms with Crippen LogP contribution in [0.4, 0.5) is 10.5 Å². The third kappa shape index (κ3) is 8.51. The average Bonchev–Trinajstić information content (AvgIpc) is 2.90. The molecule has 0 radical (unpaired) electrons. The van der Waals surface area contributed by atoms with E-state index in [0.717, 1.165) is 4.90 Å². The zero-order chi connectivity index (χ0) is 29.2. The molecule has 0 bridgehead atoms. The van der Waals surface area contributed by atoms with Gasteiger partial charge >= 0.3 is 6.09 Å². The van der Waals surface area contributed by atoms with Gasteiger partial charge in [0.05, 0.1) is 13.2 Å². The van der Waals surface area contributed by atoms with Gasteiger partial charge in [0.25, 0.3) is 5.91 Å². The van der Waals surface area contributed by atoms with Crippen molar-refractivity contribution < 1.29 is 23.9 Å². The Labute approximate surface area is 230 Å². The summed E-state index contributed by atoms with van der Waals surface area (Å²) in [5, 5.41) is 15.2. The summed E-state index contributed by atoms with van der Waals surface area (Å²) in [6, 6.07) is 13.1. The van der Waals surface area contributed by atoms with Crippen LogP contribution in [0.1, 0.15) is 58.2 Å². The summed E-state index contributed by atoms with van der Waals surface area (Å²) in [6.45, 7) is 8.38. The normalized spacial score (nSPS) is 13.0. The number of terminal acetylenes is 1. The van der Waals surface area contributed by atoms with Gasteiger partial charge in [0.1, 0.15) is 30.0 Å². The number of ether oxygens (including phenoxy) is 2. The predicted octanol–water partition coefficient (Wildman–Crippen LogP) is 4.65. The Balaban J connectivity index is 2.57. The minimum atomic E-state index is -1.27. The van der Waals surface area contributed by atoms with Crippen molar-refractivity contribution in [3.63, 3.8) is 0 Å². The van der Waals surface area contributed by atoms with E-state index in [0.29, 0.717) is 29.0 Å². The molecule has 3 amide bonds. The molecule has 0 aliphatic heterocycles. The maximum Gasteiger partial charge on any atom is 0.408 e. The molecule has 3 unspecified atom stereocenters. The van der Waals surface area contributed by atoms with E-state index in [1.54, 1.807) is 76.2 Å². The molecule has 0 aliphatic rings. The highest BCUT2D eigenvalue weighted by molar-refractivity contribution is 5.99. The molecule has 2 aromatic rings. The fourth-order valence-corrected chi connectivity index (χ4v) is 3.87. The zero-order valence-corrected chi connectivity index (χ0v) is 23.3. The SMILES string of the molecule is C#Cc1ccccc1C(C(=O)Nc1ccc(OC)cc1)N(CC#N)C(=O)C(NC(=O)OC(C)(C)C)C(C)CC. The Morgan fingerprint density at radius 3 is 2.28 bits per heavy atom. The number of hydrogen-bond donors (Lipinski definition) is 2. The maximum atomic E-state index is 14.0. The molecule has 2 N–H and O–H groups in total. The first-order valence-electron chi connectivity index (χ1n) is 12.6. The van der Waals surface area contributed by atoms with E-state index in [9.17, 15) is 19.6 Å². The Morgan fingerprint density at radius 1 is 1.10 bits per heavy atom. The highest BCUT2D eigenvalue weighted by Gasteiger charge is 2.38. The van der Waals surface area contributed by atoms with E-state index in [2.05, 4.69) is 16.6 Å². The van der Waals surface area contributed by atoms with Crippen LogP contribution in [0, 0.1) is 29.6 Å². The monoisotopic (exact) mass is 532 g/mol. The highest BCUT2D eigenvalue weighted by Crippen LogP contribution is 2.28. The second kappa shape index (κ2) is 13.9. The number of hydrogen-bond acceptors (Lipinski definition) is 6. The summed E-state index contributed by atoms with van der Waals surface area (Å²) < 4.78 is 10.6. The summed E-state index contributed by atoms with van der Waals surface area (Å²) >= 11 is 0. The average molecular weight is 533 g/mol. The molecule has 39 heavy (non-hydrogen) atoms. The molecule has 206 valence electrons. The number of alkyl carbamates (subject to hydrolysis) is 1. The highest BCUT2D eigenvalue weighted by atomic mass is 16.6. The molecule has 9 nitrogen and oxygen atoms in total. The topological polar surface area (TPSA) is 121 Å². The van der Waals surface area contributed by atoms with Crippen LogP contribution in [0.2, 0.25) is 0 Å². The van der Waals surface area contributed by atoms with Gasteiger partial charge in [0.15, 0.2) is 0 Å². The minimum Gasteiger partial charge on any atom is -0.497 e. The van der Waals surface area contributed by atoms with E-state index < -0.39 is 42.1 Å². The van der Waals surface area contributed by atoms with Crippen LogP contribution in [0.3, 0.4) is 0 Å². The van der Waals surface area contributed by atoms with Crippen molar-refractivity contribution in [3.8, 4) is 24.2 Å². The summed E-state index contributed by atoms with van der Waals surface area (Å²) in [5.41, 5.74) is 0.434. The number of nitriles is 1. The van der Waals surface area contributed by atoms with Crippen molar-refractivity contribution in [1.29, 1.82) is 5.26 Å². The predicted molar refractivity (Wildman–Crippen MR) is 149 cm³/mol. The third-order valence-electron chi connectivity index (χ3n) is 6.00. The number of methoxy groups -OCH3 is 1. The van der Waals surface area contributed by atoms with Crippen molar-refractivity contribution in [1.82, 2.24) is 10.2 Å². The number of benzene rings is 2.